The number of nitrogens with zero attached hydrogens (tertiary/aromatic N) is 1. The molecule has 1 fully saturated rings. The van der Waals surface area contributed by atoms with Crippen LogP contribution >= 0.6 is 0 Å². The van der Waals surface area contributed by atoms with Gasteiger partial charge in [0, 0.05) is 24.3 Å². The normalized spacial score (nSPS) is 16.3. The molecular formula is C17H25N3O3. The van der Waals surface area contributed by atoms with Crippen molar-refractivity contribution in [1.29, 1.82) is 0 Å². The van der Waals surface area contributed by atoms with E-state index in [9.17, 15) is 9.59 Å². The third-order valence-electron chi connectivity index (χ3n) is 3.76. The SMILES string of the molecule is CC(C)C[C@H](N)C(=O)Nc1ccc(C(=O)N2CCOCC2)cc1. The number of nitrogens with one attached hydrogen (secondary N) is 1. The molecule has 3 N–H and O–H groups in total. The smallest absolute Gasteiger partial charge is 0.254 e. The molecular weight excluding hydrogens is 294 g/mol. The zero-order valence-electron chi connectivity index (χ0n) is 13.7. The Balaban J connectivity index is 1.93. The zero-order chi connectivity index (χ0) is 16.8. The number of anilines is 1. The molecule has 6 nitrogen and oxygen atoms in total. The third-order valence-corrected chi connectivity index (χ3v) is 3.76. The van der Waals surface area contributed by atoms with Crippen molar-refractivity contribution in [1.82, 2.24) is 4.90 Å². The van der Waals surface area contributed by atoms with Gasteiger partial charge in [0.05, 0.1) is 19.3 Å². The second-order valence-electron chi connectivity index (χ2n) is 6.21. The highest BCUT2D eigenvalue weighted by molar-refractivity contribution is 5.97. The van der Waals surface area contributed by atoms with Gasteiger partial charge >= 0.3 is 0 Å². The van der Waals surface area contributed by atoms with Crippen molar-refractivity contribution in [2.45, 2.75) is 26.3 Å². The average Bonchev–Trinajstić information content (AvgIpc) is 2.55. The van der Waals surface area contributed by atoms with E-state index in [0.717, 1.165) is 0 Å². The molecule has 1 aromatic rings. The van der Waals surface area contributed by atoms with Crippen LogP contribution in [0, 0.1) is 5.92 Å². The highest BCUT2D eigenvalue weighted by Gasteiger charge is 2.19. The van der Waals surface area contributed by atoms with Crippen molar-refractivity contribution in [2.75, 3.05) is 31.6 Å². The number of hydrogen-bond donors (Lipinski definition) is 2. The summed E-state index contributed by atoms with van der Waals surface area (Å²) in [6, 6.07) is 6.38. The van der Waals surface area contributed by atoms with E-state index >= 15 is 0 Å². The summed E-state index contributed by atoms with van der Waals surface area (Å²) >= 11 is 0. The number of morpholine rings is 1. The first kappa shape index (κ1) is 17.4. The van der Waals surface area contributed by atoms with E-state index in [1.165, 1.54) is 0 Å². The lowest BCUT2D eigenvalue weighted by molar-refractivity contribution is -0.117. The lowest BCUT2D eigenvalue weighted by atomic mass is 10.0. The molecule has 0 saturated carbocycles. The van der Waals surface area contributed by atoms with Gasteiger partial charge in [-0.1, -0.05) is 13.8 Å². The molecule has 1 aromatic carbocycles. The molecule has 0 aliphatic carbocycles. The fourth-order valence-corrected chi connectivity index (χ4v) is 2.50. The van der Waals surface area contributed by atoms with Crippen molar-refractivity contribution in [3.8, 4) is 0 Å². The lowest BCUT2D eigenvalue weighted by Crippen LogP contribution is -2.40. The van der Waals surface area contributed by atoms with Crippen LogP contribution in [0.4, 0.5) is 5.69 Å². The molecule has 0 spiro atoms. The number of nitrogens with two attached hydrogens (primary N) is 1. The highest BCUT2D eigenvalue weighted by atomic mass is 16.5. The van der Waals surface area contributed by atoms with Gasteiger partial charge in [0.2, 0.25) is 5.91 Å². The van der Waals surface area contributed by atoms with Gasteiger partial charge in [-0.25, -0.2) is 0 Å². The lowest BCUT2D eigenvalue weighted by Gasteiger charge is -2.26. The summed E-state index contributed by atoms with van der Waals surface area (Å²) in [5.41, 5.74) is 7.11. The molecule has 0 radical (unpaired) electrons. The van der Waals surface area contributed by atoms with E-state index in [-0.39, 0.29) is 11.8 Å². The fraction of sp³-hybridized carbons (Fsp3) is 0.529. The van der Waals surface area contributed by atoms with Crippen LogP contribution in [0.1, 0.15) is 30.6 Å². The van der Waals surface area contributed by atoms with Crippen LogP contribution in [0.5, 0.6) is 0 Å². The molecule has 1 saturated heterocycles. The van der Waals surface area contributed by atoms with Crippen molar-refractivity contribution in [3.63, 3.8) is 0 Å². The van der Waals surface area contributed by atoms with Crippen LogP contribution in [-0.2, 0) is 9.53 Å². The highest BCUT2D eigenvalue weighted by Crippen LogP contribution is 2.13. The Morgan fingerprint density at radius 3 is 2.39 bits per heavy atom. The molecule has 126 valence electrons. The molecule has 1 atom stereocenters. The molecule has 6 heteroatoms. The molecule has 2 rings (SSSR count). The van der Waals surface area contributed by atoms with Crippen molar-refractivity contribution >= 4 is 17.5 Å². The Morgan fingerprint density at radius 1 is 1.22 bits per heavy atom. The molecule has 23 heavy (non-hydrogen) atoms. The van der Waals surface area contributed by atoms with E-state index in [0.29, 0.717) is 49.9 Å². The van der Waals surface area contributed by atoms with E-state index in [2.05, 4.69) is 5.32 Å². The average molecular weight is 319 g/mol. The first-order chi connectivity index (χ1) is 11.0. The maximum Gasteiger partial charge on any atom is 0.254 e. The molecule has 1 aliphatic heterocycles. The number of carbonyl (C=O) groups is 2. The fourth-order valence-electron chi connectivity index (χ4n) is 2.50. The molecule has 2 amide bonds. The maximum absolute atomic E-state index is 12.3. The number of carbonyl (C=O) groups excluding carboxylic acids is 2. The van der Waals surface area contributed by atoms with Gasteiger partial charge in [0.15, 0.2) is 0 Å². The monoisotopic (exact) mass is 319 g/mol. The first-order valence-corrected chi connectivity index (χ1v) is 8.01. The summed E-state index contributed by atoms with van der Waals surface area (Å²) in [5.74, 6) is 0.151. The summed E-state index contributed by atoms with van der Waals surface area (Å²) in [6.07, 6.45) is 0.638. The summed E-state index contributed by atoms with van der Waals surface area (Å²) in [4.78, 5) is 26.1. The number of ether oxygens (including phenoxy) is 1. The number of hydrogen-bond acceptors (Lipinski definition) is 4. The maximum atomic E-state index is 12.3. The van der Waals surface area contributed by atoms with Crippen LogP contribution in [0.15, 0.2) is 24.3 Å². The van der Waals surface area contributed by atoms with Crippen LogP contribution < -0.4 is 11.1 Å². The van der Waals surface area contributed by atoms with E-state index in [1.807, 2.05) is 13.8 Å². The Labute approximate surface area is 137 Å². The van der Waals surface area contributed by atoms with Gasteiger partial charge in [0.25, 0.3) is 5.91 Å². The summed E-state index contributed by atoms with van der Waals surface area (Å²) in [6.45, 7) is 6.43. The summed E-state index contributed by atoms with van der Waals surface area (Å²) in [7, 11) is 0. The predicted molar refractivity (Wildman–Crippen MR) is 89.2 cm³/mol. The van der Waals surface area contributed by atoms with Gasteiger partial charge in [-0.2, -0.15) is 0 Å². The largest absolute Gasteiger partial charge is 0.378 e. The van der Waals surface area contributed by atoms with Gasteiger partial charge in [-0.3, -0.25) is 9.59 Å². The quantitative estimate of drug-likeness (QED) is 0.861. The Bertz CT molecular complexity index is 537. The van der Waals surface area contributed by atoms with Crippen LogP contribution in [0.25, 0.3) is 0 Å². The third kappa shape index (κ3) is 5.04. The van der Waals surface area contributed by atoms with Gasteiger partial charge in [-0.05, 0) is 36.6 Å². The van der Waals surface area contributed by atoms with E-state index in [1.54, 1.807) is 29.2 Å². The van der Waals surface area contributed by atoms with Gasteiger partial charge in [-0.15, -0.1) is 0 Å². The number of rotatable bonds is 5. The molecule has 0 unspecified atom stereocenters. The standard InChI is InChI=1S/C17H25N3O3/c1-12(2)11-15(18)16(21)19-14-5-3-13(4-6-14)17(22)20-7-9-23-10-8-20/h3-6,12,15H,7-11,18H2,1-2H3,(H,19,21)/t15-/m0/s1. The molecule has 0 aromatic heterocycles. The minimum absolute atomic E-state index is 0.0114. The van der Waals surface area contributed by atoms with Crippen molar-refractivity contribution < 1.29 is 14.3 Å². The summed E-state index contributed by atoms with van der Waals surface area (Å²) < 4.78 is 5.25. The Morgan fingerprint density at radius 2 is 1.83 bits per heavy atom. The molecule has 1 heterocycles. The molecule has 1 aliphatic rings. The minimum Gasteiger partial charge on any atom is -0.378 e. The topological polar surface area (TPSA) is 84.7 Å². The van der Waals surface area contributed by atoms with E-state index < -0.39 is 6.04 Å². The first-order valence-electron chi connectivity index (χ1n) is 8.01. The number of amides is 2. The van der Waals surface area contributed by atoms with E-state index in [4.69, 9.17) is 10.5 Å². The van der Waals surface area contributed by atoms with Gasteiger partial charge < -0.3 is 20.7 Å². The van der Waals surface area contributed by atoms with Crippen molar-refractivity contribution in [3.05, 3.63) is 29.8 Å². The van der Waals surface area contributed by atoms with Crippen LogP contribution in [0.3, 0.4) is 0 Å². The second-order valence-corrected chi connectivity index (χ2v) is 6.21. The van der Waals surface area contributed by atoms with Crippen molar-refractivity contribution in [2.24, 2.45) is 11.7 Å². The predicted octanol–water partition coefficient (Wildman–Crippen LogP) is 1.47. The Kier molecular flexibility index (Phi) is 6.12. The Hall–Kier alpha value is -1.92. The number of benzene rings is 1. The van der Waals surface area contributed by atoms with Gasteiger partial charge in [0.1, 0.15) is 0 Å². The zero-order valence-corrected chi connectivity index (χ0v) is 13.7. The van der Waals surface area contributed by atoms with Crippen LogP contribution in [0.2, 0.25) is 0 Å². The minimum atomic E-state index is -0.523. The summed E-state index contributed by atoms with van der Waals surface area (Å²) in [5, 5.41) is 2.78. The van der Waals surface area contributed by atoms with Crippen LogP contribution in [-0.4, -0.2) is 49.1 Å². The molecule has 0 bridgehead atoms. The second kappa shape index (κ2) is 8.08.